The number of aromatic nitrogens is 2. The fourth-order valence-electron chi connectivity index (χ4n) is 2.72. The minimum absolute atomic E-state index is 0.0596. The molecule has 0 saturated heterocycles. The van der Waals surface area contributed by atoms with E-state index in [4.69, 9.17) is 4.74 Å². The van der Waals surface area contributed by atoms with Crippen LogP contribution in [0.5, 0.6) is 5.75 Å². The van der Waals surface area contributed by atoms with Gasteiger partial charge in [0, 0.05) is 23.8 Å². The van der Waals surface area contributed by atoms with Crippen molar-refractivity contribution in [2.75, 3.05) is 12.4 Å². The normalized spacial score (nSPS) is 11.5. The molecule has 130 valence electrons. The number of rotatable bonds is 4. The maximum atomic E-state index is 12.3. The Bertz CT molecular complexity index is 955. The summed E-state index contributed by atoms with van der Waals surface area (Å²) in [7, 11) is 1.60. The van der Waals surface area contributed by atoms with Crippen molar-refractivity contribution < 1.29 is 4.74 Å². The van der Waals surface area contributed by atoms with Gasteiger partial charge in [-0.2, -0.15) is 0 Å². The molecule has 0 aliphatic carbocycles. The largest absolute Gasteiger partial charge is 0.493 e. The summed E-state index contributed by atoms with van der Waals surface area (Å²) in [6, 6.07) is 11.7. The molecule has 25 heavy (non-hydrogen) atoms. The van der Waals surface area contributed by atoms with Crippen molar-refractivity contribution in [1.29, 1.82) is 0 Å². The molecule has 0 aliphatic rings. The summed E-state index contributed by atoms with van der Waals surface area (Å²) in [6.07, 6.45) is 1.69. The first-order valence-electron chi connectivity index (χ1n) is 8.28. The van der Waals surface area contributed by atoms with Gasteiger partial charge in [0.25, 0.3) is 5.56 Å². The maximum Gasteiger partial charge on any atom is 0.253 e. The summed E-state index contributed by atoms with van der Waals surface area (Å²) in [5.74, 6) is 1.27. The van der Waals surface area contributed by atoms with E-state index in [0.29, 0.717) is 23.7 Å². The number of hydrogen-bond donors (Lipinski definition) is 2. The first-order chi connectivity index (χ1) is 11.9. The Morgan fingerprint density at radius 3 is 2.72 bits per heavy atom. The molecule has 1 aromatic carbocycles. The summed E-state index contributed by atoms with van der Waals surface area (Å²) in [5.41, 5.74) is 2.70. The predicted molar refractivity (Wildman–Crippen MR) is 101 cm³/mol. The average molecular weight is 337 g/mol. The molecule has 0 unspecified atom stereocenters. The molecule has 5 heteroatoms. The molecule has 0 spiro atoms. The van der Waals surface area contributed by atoms with Crippen molar-refractivity contribution in [3.63, 3.8) is 0 Å². The summed E-state index contributed by atoms with van der Waals surface area (Å²) in [4.78, 5) is 19.6. The highest BCUT2D eigenvalue weighted by molar-refractivity contribution is 5.80. The Labute approximate surface area is 147 Å². The molecule has 2 aromatic heterocycles. The SMILES string of the molecule is COc1cccnc1NCc1cc2cc(C(C)(C)C)ccc2[nH]c1=O. The van der Waals surface area contributed by atoms with E-state index >= 15 is 0 Å². The maximum absolute atomic E-state index is 12.3. The molecular formula is C20H23N3O2. The summed E-state index contributed by atoms with van der Waals surface area (Å²) >= 11 is 0. The molecule has 0 aliphatic heterocycles. The second kappa shape index (κ2) is 6.59. The number of nitrogens with one attached hydrogen (secondary N) is 2. The van der Waals surface area contributed by atoms with Gasteiger partial charge in [-0.05, 0) is 46.7 Å². The van der Waals surface area contributed by atoms with Crippen molar-refractivity contribution in [2.24, 2.45) is 0 Å². The van der Waals surface area contributed by atoms with E-state index in [1.807, 2.05) is 18.2 Å². The minimum atomic E-state index is -0.0987. The Morgan fingerprint density at radius 1 is 1.20 bits per heavy atom. The molecule has 0 radical (unpaired) electrons. The molecule has 2 heterocycles. The van der Waals surface area contributed by atoms with Gasteiger partial charge in [0.05, 0.1) is 7.11 Å². The lowest BCUT2D eigenvalue weighted by Crippen LogP contribution is -2.17. The standard InChI is InChI=1S/C20H23N3O2/c1-20(2,3)15-7-8-16-13(11-15)10-14(19(24)23-16)12-22-18-17(25-4)6-5-9-21-18/h5-11H,12H2,1-4H3,(H,21,22)(H,23,24). The predicted octanol–water partition coefficient (Wildman–Crippen LogP) is 3.84. The number of aromatic amines is 1. The first kappa shape index (κ1) is 17.0. The van der Waals surface area contributed by atoms with Crippen LogP contribution in [0.15, 0.2) is 47.4 Å². The van der Waals surface area contributed by atoms with Gasteiger partial charge < -0.3 is 15.0 Å². The van der Waals surface area contributed by atoms with Gasteiger partial charge in [-0.15, -0.1) is 0 Å². The Balaban J connectivity index is 1.93. The zero-order valence-corrected chi connectivity index (χ0v) is 15.0. The molecule has 3 aromatic rings. The second-order valence-electron chi connectivity index (χ2n) is 7.08. The third-order valence-corrected chi connectivity index (χ3v) is 4.22. The van der Waals surface area contributed by atoms with Crippen molar-refractivity contribution in [3.05, 3.63) is 64.1 Å². The van der Waals surface area contributed by atoms with Crippen LogP contribution in [0.2, 0.25) is 0 Å². The highest BCUT2D eigenvalue weighted by Gasteiger charge is 2.14. The van der Waals surface area contributed by atoms with E-state index < -0.39 is 0 Å². The van der Waals surface area contributed by atoms with Crippen molar-refractivity contribution in [1.82, 2.24) is 9.97 Å². The van der Waals surface area contributed by atoms with Gasteiger partial charge in [0.1, 0.15) is 0 Å². The first-order valence-corrected chi connectivity index (χ1v) is 8.28. The molecule has 5 nitrogen and oxygen atoms in total. The van der Waals surface area contributed by atoms with Crippen molar-refractivity contribution in [2.45, 2.75) is 32.7 Å². The fraction of sp³-hybridized carbons (Fsp3) is 0.300. The number of pyridine rings is 2. The second-order valence-corrected chi connectivity index (χ2v) is 7.08. The number of H-pyrrole nitrogens is 1. The smallest absolute Gasteiger partial charge is 0.253 e. The number of nitrogens with zero attached hydrogens (tertiary/aromatic N) is 1. The number of methoxy groups -OCH3 is 1. The van der Waals surface area contributed by atoms with E-state index in [0.717, 1.165) is 10.9 Å². The van der Waals surface area contributed by atoms with Crippen LogP contribution in [0.3, 0.4) is 0 Å². The molecular weight excluding hydrogens is 314 g/mol. The number of ether oxygens (including phenoxy) is 1. The molecule has 3 rings (SSSR count). The lowest BCUT2D eigenvalue weighted by atomic mass is 9.86. The lowest BCUT2D eigenvalue weighted by molar-refractivity contribution is 0.415. The van der Waals surface area contributed by atoms with E-state index in [1.165, 1.54) is 5.56 Å². The number of hydrogen-bond acceptors (Lipinski definition) is 4. The van der Waals surface area contributed by atoms with Crippen LogP contribution in [0.25, 0.3) is 10.9 Å². The van der Waals surface area contributed by atoms with Gasteiger partial charge in [-0.3, -0.25) is 4.79 Å². The zero-order valence-electron chi connectivity index (χ0n) is 15.0. The van der Waals surface area contributed by atoms with E-state index in [1.54, 1.807) is 19.4 Å². The minimum Gasteiger partial charge on any atom is -0.493 e. The number of benzene rings is 1. The van der Waals surface area contributed by atoms with Crippen molar-refractivity contribution in [3.8, 4) is 5.75 Å². The van der Waals surface area contributed by atoms with Crippen LogP contribution in [-0.2, 0) is 12.0 Å². The molecule has 2 N–H and O–H groups in total. The monoisotopic (exact) mass is 337 g/mol. The van der Waals surface area contributed by atoms with Crippen LogP contribution >= 0.6 is 0 Å². The topological polar surface area (TPSA) is 67.0 Å². The highest BCUT2D eigenvalue weighted by Crippen LogP contribution is 2.25. The number of fused-ring (bicyclic) bond motifs is 1. The van der Waals surface area contributed by atoms with Crippen LogP contribution in [0, 0.1) is 0 Å². The van der Waals surface area contributed by atoms with Gasteiger partial charge >= 0.3 is 0 Å². The fourth-order valence-corrected chi connectivity index (χ4v) is 2.72. The van der Waals surface area contributed by atoms with Crippen molar-refractivity contribution >= 4 is 16.7 Å². The van der Waals surface area contributed by atoms with Gasteiger partial charge in [-0.25, -0.2) is 4.98 Å². The Morgan fingerprint density at radius 2 is 2.00 bits per heavy atom. The van der Waals surface area contributed by atoms with Crippen LogP contribution in [-0.4, -0.2) is 17.1 Å². The Kier molecular flexibility index (Phi) is 4.49. The lowest BCUT2D eigenvalue weighted by Gasteiger charge is -2.19. The van der Waals surface area contributed by atoms with Crippen LogP contribution < -0.4 is 15.6 Å². The van der Waals surface area contributed by atoms with Gasteiger partial charge in [0.15, 0.2) is 11.6 Å². The average Bonchev–Trinajstić information content (AvgIpc) is 2.59. The quantitative estimate of drug-likeness (QED) is 0.759. The van der Waals surface area contributed by atoms with Gasteiger partial charge in [-0.1, -0.05) is 26.8 Å². The molecule has 0 amide bonds. The number of anilines is 1. The summed E-state index contributed by atoms with van der Waals surface area (Å²) in [5, 5.41) is 4.20. The third kappa shape index (κ3) is 3.65. The van der Waals surface area contributed by atoms with E-state index in [-0.39, 0.29) is 11.0 Å². The Hall–Kier alpha value is -2.82. The zero-order chi connectivity index (χ0) is 18.0. The highest BCUT2D eigenvalue weighted by atomic mass is 16.5. The van der Waals surface area contributed by atoms with E-state index in [9.17, 15) is 4.79 Å². The van der Waals surface area contributed by atoms with E-state index in [2.05, 4.69) is 48.2 Å². The molecule has 0 saturated carbocycles. The third-order valence-electron chi connectivity index (χ3n) is 4.22. The molecule has 0 atom stereocenters. The van der Waals surface area contributed by atoms with Crippen LogP contribution in [0.1, 0.15) is 31.9 Å². The van der Waals surface area contributed by atoms with Crippen LogP contribution in [0.4, 0.5) is 5.82 Å². The van der Waals surface area contributed by atoms with Gasteiger partial charge in [0.2, 0.25) is 0 Å². The molecule has 0 bridgehead atoms. The summed E-state index contributed by atoms with van der Waals surface area (Å²) in [6.45, 7) is 6.90. The summed E-state index contributed by atoms with van der Waals surface area (Å²) < 4.78 is 5.28. The molecule has 0 fully saturated rings.